The summed E-state index contributed by atoms with van der Waals surface area (Å²) in [5, 5.41) is 9.21. The molecule has 1 heterocycles. The highest BCUT2D eigenvalue weighted by atomic mass is 16.5. The largest absolute Gasteiger partial charge is 0.378 e. The fraction of sp³-hybridized carbons (Fsp3) is 0.263. The molecule has 2 aromatic rings. The summed E-state index contributed by atoms with van der Waals surface area (Å²) in [4.78, 5) is 6.51. The minimum atomic E-state index is 0.545. The third-order valence-electron chi connectivity index (χ3n) is 4.07. The maximum atomic E-state index is 9.21. The normalized spacial score (nSPS) is 15.1. The van der Waals surface area contributed by atoms with Crippen LogP contribution < -0.4 is 5.73 Å². The summed E-state index contributed by atoms with van der Waals surface area (Å²) in [5.74, 6) is 0.567. The van der Waals surface area contributed by atoms with Gasteiger partial charge in [0.1, 0.15) is 0 Å². The Morgan fingerprint density at radius 2 is 1.83 bits per heavy atom. The zero-order chi connectivity index (χ0) is 16.8. The van der Waals surface area contributed by atoms with Crippen LogP contribution in [0.1, 0.15) is 11.1 Å². The number of rotatable bonds is 3. The van der Waals surface area contributed by atoms with Crippen molar-refractivity contribution in [3.8, 4) is 17.2 Å². The lowest BCUT2D eigenvalue weighted by molar-refractivity contribution is 0.0674. The predicted molar refractivity (Wildman–Crippen MR) is 94.3 cm³/mol. The van der Waals surface area contributed by atoms with E-state index >= 15 is 0 Å². The van der Waals surface area contributed by atoms with Crippen LogP contribution in [0, 0.1) is 11.3 Å². The molecule has 0 amide bonds. The molecule has 2 aromatic carbocycles. The maximum absolute atomic E-state index is 9.21. The van der Waals surface area contributed by atoms with E-state index in [9.17, 15) is 5.26 Å². The summed E-state index contributed by atoms with van der Waals surface area (Å²) >= 11 is 0. The smallest absolute Gasteiger partial charge is 0.191 e. The molecule has 2 N–H and O–H groups in total. The number of aliphatic imine (C=N–C) groups is 1. The molecule has 3 rings (SSSR count). The van der Waals surface area contributed by atoms with Gasteiger partial charge in [-0.3, -0.25) is 0 Å². The third kappa shape index (κ3) is 3.73. The second-order valence-electron chi connectivity index (χ2n) is 5.63. The molecular weight excluding hydrogens is 300 g/mol. The number of nitriles is 1. The van der Waals surface area contributed by atoms with Crippen LogP contribution in [0.3, 0.4) is 0 Å². The van der Waals surface area contributed by atoms with Crippen molar-refractivity contribution in [3.63, 3.8) is 0 Å². The summed E-state index contributed by atoms with van der Waals surface area (Å²) in [6.07, 6.45) is 0. The lowest BCUT2D eigenvalue weighted by Crippen LogP contribution is -2.44. The van der Waals surface area contributed by atoms with Crippen LogP contribution in [-0.2, 0) is 11.3 Å². The van der Waals surface area contributed by atoms with Gasteiger partial charge in [-0.15, -0.1) is 0 Å². The van der Waals surface area contributed by atoms with E-state index in [4.69, 9.17) is 10.5 Å². The van der Waals surface area contributed by atoms with Gasteiger partial charge >= 0.3 is 0 Å². The van der Waals surface area contributed by atoms with E-state index in [-0.39, 0.29) is 0 Å². The SMILES string of the molecule is N#Cc1ccccc1-c1ccc(CN=C(N)N2CCOCC2)cc1. The molecule has 0 radical (unpaired) electrons. The minimum absolute atomic E-state index is 0.545. The van der Waals surface area contributed by atoms with Crippen molar-refractivity contribution in [1.29, 1.82) is 5.26 Å². The molecule has 1 aliphatic heterocycles. The van der Waals surface area contributed by atoms with Gasteiger partial charge in [0.2, 0.25) is 0 Å². The Balaban J connectivity index is 1.70. The second kappa shape index (κ2) is 7.62. The van der Waals surface area contributed by atoms with E-state index in [0.29, 0.717) is 31.3 Å². The van der Waals surface area contributed by atoms with Crippen molar-refractivity contribution >= 4 is 5.96 Å². The first-order chi connectivity index (χ1) is 11.8. The highest BCUT2D eigenvalue weighted by Gasteiger charge is 2.11. The van der Waals surface area contributed by atoms with Gasteiger partial charge in [-0.05, 0) is 22.8 Å². The molecule has 5 heteroatoms. The first kappa shape index (κ1) is 16.0. The molecule has 0 aliphatic carbocycles. The van der Waals surface area contributed by atoms with Crippen molar-refractivity contribution in [1.82, 2.24) is 4.90 Å². The molecule has 0 saturated carbocycles. The molecule has 1 aliphatic rings. The van der Waals surface area contributed by atoms with Gasteiger partial charge in [0, 0.05) is 13.1 Å². The summed E-state index contributed by atoms with van der Waals surface area (Å²) in [5.41, 5.74) is 9.78. The third-order valence-corrected chi connectivity index (χ3v) is 4.07. The highest BCUT2D eigenvalue weighted by Crippen LogP contribution is 2.23. The number of nitrogens with two attached hydrogens (primary N) is 1. The number of hydrogen-bond donors (Lipinski definition) is 1. The summed E-state index contributed by atoms with van der Waals surface area (Å²) in [6.45, 7) is 3.52. The van der Waals surface area contributed by atoms with Crippen LogP contribution >= 0.6 is 0 Å². The molecule has 0 unspecified atom stereocenters. The van der Waals surface area contributed by atoms with E-state index in [1.54, 1.807) is 0 Å². The van der Waals surface area contributed by atoms with Crippen LogP contribution in [0.4, 0.5) is 0 Å². The van der Waals surface area contributed by atoms with Crippen LogP contribution in [0.2, 0.25) is 0 Å². The Bertz CT molecular complexity index is 756. The number of nitrogens with zero attached hydrogens (tertiary/aromatic N) is 3. The molecule has 0 aromatic heterocycles. The minimum Gasteiger partial charge on any atom is -0.378 e. The van der Waals surface area contributed by atoms with Crippen molar-refractivity contribution in [2.24, 2.45) is 10.7 Å². The first-order valence-corrected chi connectivity index (χ1v) is 7.99. The van der Waals surface area contributed by atoms with E-state index in [0.717, 1.165) is 29.8 Å². The zero-order valence-corrected chi connectivity index (χ0v) is 13.5. The lowest BCUT2D eigenvalue weighted by atomic mass is 9.99. The Kier molecular flexibility index (Phi) is 5.09. The molecule has 24 heavy (non-hydrogen) atoms. The number of morpholine rings is 1. The van der Waals surface area contributed by atoms with Crippen LogP contribution in [0.5, 0.6) is 0 Å². The summed E-state index contributed by atoms with van der Waals surface area (Å²) < 4.78 is 5.31. The summed E-state index contributed by atoms with van der Waals surface area (Å²) in [7, 11) is 0. The Morgan fingerprint density at radius 1 is 1.12 bits per heavy atom. The number of guanidine groups is 1. The fourth-order valence-corrected chi connectivity index (χ4v) is 2.69. The molecule has 0 bridgehead atoms. The number of benzene rings is 2. The average Bonchev–Trinajstić information content (AvgIpc) is 2.67. The zero-order valence-electron chi connectivity index (χ0n) is 13.5. The average molecular weight is 320 g/mol. The molecular formula is C19H20N4O. The summed E-state index contributed by atoms with van der Waals surface area (Å²) in [6, 6.07) is 17.9. The molecule has 1 saturated heterocycles. The molecule has 0 atom stereocenters. The van der Waals surface area contributed by atoms with Gasteiger partial charge in [0.05, 0.1) is 31.4 Å². The first-order valence-electron chi connectivity index (χ1n) is 7.99. The van der Waals surface area contributed by atoms with Gasteiger partial charge in [-0.2, -0.15) is 5.26 Å². The lowest BCUT2D eigenvalue weighted by Gasteiger charge is -2.27. The van der Waals surface area contributed by atoms with Crippen molar-refractivity contribution < 1.29 is 4.74 Å². The Hall–Kier alpha value is -2.84. The van der Waals surface area contributed by atoms with Gasteiger partial charge in [-0.25, -0.2) is 4.99 Å². The van der Waals surface area contributed by atoms with E-state index in [1.807, 2.05) is 53.4 Å². The maximum Gasteiger partial charge on any atom is 0.191 e. The monoisotopic (exact) mass is 320 g/mol. The van der Waals surface area contributed by atoms with E-state index in [1.165, 1.54) is 0 Å². The predicted octanol–water partition coefficient (Wildman–Crippen LogP) is 2.37. The Labute approximate surface area is 142 Å². The van der Waals surface area contributed by atoms with E-state index < -0.39 is 0 Å². The van der Waals surface area contributed by atoms with E-state index in [2.05, 4.69) is 11.1 Å². The molecule has 5 nitrogen and oxygen atoms in total. The fourth-order valence-electron chi connectivity index (χ4n) is 2.69. The standard InChI is InChI=1S/C19H20N4O/c20-13-17-3-1-2-4-18(17)16-7-5-15(6-8-16)14-22-19(21)23-9-11-24-12-10-23/h1-8H,9-12,14H2,(H2,21,22). The van der Waals surface area contributed by atoms with Crippen LogP contribution in [0.15, 0.2) is 53.5 Å². The quantitative estimate of drug-likeness (QED) is 0.696. The van der Waals surface area contributed by atoms with Crippen molar-refractivity contribution in [3.05, 3.63) is 59.7 Å². The van der Waals surface area contributed by atoms with Crippen LogP contribution in [0.25, 0.3) is 11.1 Å². The molecule has 0 spiro atoms. The highest BCUT2D eigenvalue weighted by molar-refractivity contribution is 5.78. The molecule has 122 valence electrons. The van der Waals surface area contributed by atoms with Gasteiger partial charge < -0.3 is 15.4 Å². The van der Waals surface area contributed by atoms with Gasteiger partial charge in [-0.1, -0.05) is 42.5 Å². The number of ether oxygens (including phenoxy) is 1. The second-order valence-corrected chi connectivity index (χ2v) is 5.63. The number of hydrogen-bond acceptors (Lipinski definition) is 3. The topological polar surface area (TPSA) is 74.6 Å². The molecule has 1 fully saturated rings. The van der Waals surface area contributed by atoms with Crippen LogP contribution in [-0.4, -0.2) is 37.2 Å². The Morgan fingerprint density at radius 3 is 2.54 bits per heavy atom. The van der Waals surface area contributed by atoms with Gasteiger partial charge in [0.25, 0.3) is 0 Å². The van der Waals surface area contributed by atoms with Crippen molar-refractivity contribution in [2.75, 3.05) is 26.3 Å². The van der Waals surface area contributed by atoms with Crippen molar-refractivity contribution in [2.45, 2.75) is 6.54 Å². The van der Waals surface area contributed by atoms with Gasteiger partial charge in [0.15, 0.2) is 5.96 Å².